The Hall–Kier alpha value is 0.411. The summed E-state index contributed by atoms with van der Waals surface area (Å²) in [7, 11) is -8.09. The van der Waals surface area contributed by atoms with E-state index in [0.29, 0.717) is 18.7 Å². The van der Waals surface area contributed by atoms with Crippen LogP contribution >= 0.6 is 0 Å². The number of hydrogen-bond acceptors (Lipinski definition) is 6. The van der Waals surface area contributed by atoms with Crippen LogP contribution < -0.4 is 0 Å². The van der Waals surface area contributed by atoms with Gasteiger partial charge in [-0.05, 0) is 35.9 Å². The molecule has 1 rings (SSSR count). The lowest BCUT2D eigenvalue weighted by Gasteiger charge is -2.56. The van der Waals surface area contributed by atoms with Gasteiger partial charge in [0.1, 0.15) is 0 Å². The van der Waals surface area contributed by atoms with Gasteiger partial charge in [-0.3, -0.25) is 0 Å². The molecule has 0 aromatic carbocycles. The Kier molecular flexibility index (Phi) is 12.5. The smallest absolute Gasteiger partial charge is 0.350 e. The van der Waals surface area contributed by atoms with Crippen molar-refractivity contribution in [1.29, 1.82) is 0 Å². The number of hydrogen-bond donors (Lipinski definition) is 0. The van der Waals surface area contributed by atoms with E-state index in [1.807, 2.05) is 0 Å². The van der Waals surface area contributed by atoms with E-state index in [9.17, 15) is 0 Å². The summed E-state index contributed by atoms with van der Waals surface area (Å²) in [6.45, 7) is 21.8. The van der Waals surface area contributed by atoms with Crippen molar-refractivity contribution < 1.29 is 26.6 Å². The second kappa shape index (κ2) is 13.2. The van der Waals surface area contributed by atoms with Crippen LogP contribution in [0.5, 0.6) is 0 Å². The van der Waals surface area contributed by atoms with Crippen molar-refractivity contribution in [2.75, 3.05) is 38.5 Å². The Bertz CT molecular complexity index is 403. The molecule has 0 N–H and O–H groups in total. The standard InChI is InChI=1S/C21H48O6Si3/c1-10-13-22-16-28(19(4)5)25-29(20(6)7,17-23-14-11-2)27-30(26-28,21(8)9)18-24-15-12-3/h19-21H,10-18H2,1-9H3. The fourth-order valence-corrected chi connectivity index (χ4v) is 21.4. The van der Waals surface area contributed by atoms with E-state index in [2.05, 4.69) is 62.3 Å². The van der Waals surface area contributed by atoms with E-state index in [1.54, 1.807) is 0 Å². The van der Waals surface area contributed by atoms with Gasteiger partial charge < -0.3 is 26.6 Å². The van der Waals surface area contributed by atoms with Gasteiger partial charge >= 0.3 is 25.7 Å². The van der Waals surface area contributed by atoms with Gasteiger partial charge in [0.2, 0.25) is 0 Å². The van der Waals surface area contributed by atoms with Crippen LogP contribution in [-0.2, 0) is 26.6 Å². The minimum atomic E-state index is -2.70. The first-order chi connectivity index (χ1) is 14.1. The lowest BCUT2D eigenvalue weighted by atomic mass is 10.5. The van der Waals surface area contributed by atoms with Crippen LogP contribution in [0.4, 0.5) is 0 Å². The summed E-state index contributed by atoms with van der Waals surface area (Å²) in [5, 5.41) is 0. The first-order valence-electron chi connectivity index (χ1n) is 12.0. The Balaban J connectivity index is 3.42. The second-order valence-electron chi connectivity index (χ2n) is 9.36. The van der Waals surface area contributed by atoms with Crippen LogP contribution in [0.15, 0.2) is 0 Å². The molecule has 0 radical (unpaired) electrons. The monoisotopic (exact) mass is 480 g/mol. The van der Waals surface area contributed by atoms with E-state index in [1.165, 1.54) is 0 Å². The SMILES string of the molecule is CCCOC[Si]1(C(C)C)O[Si](COCCC)(C(C)C)O[Si](COCCC)(C(C)C)O1. The van der Waals surface area contributed by atoms with E-state index < -0.39 is 25.7 Å². The van der Waals surface area contributed by atoms with Crippen molar-refractivity contribution in [2.45, 2.75) is 98.2 Å². The molecule has 180 valence electrons. The quantitative estimate of drug-likeness (QED) is 0.228. The number of ether oxygens (including phenoxy) is 3. The molecule has 0 spiro atoms. The molecule has 6 nitrogen and oxygen atoms in total. The van der Waals surface area contributed by atoms with Crippen molar-refractivity contribution >= 4 is 25.7 Å². The maximum atomic E-state index is 7.05. The highest BCUT2D eigenvalue weighted by molar-refractivity contribution is 6.95. The molecule has 1 fully saturated rings. The first kappa shape index (κ1) is 28.4. The second-order valence-corrected chi connectivity index (χ2v) is 21.0. The molecule has 30 heavy (non-hydrogen) atoms. The lowest BCUT2D eigenvalue weighted by Crippen LogP contribution is -2.77. The van der Waals surface area contributed by atoms with Crippen LogP contribution in [0.3, 0.4) is 0 Å². The third-order valence-electron chi connectivity index (χ3n) is 5.63. The van der Waals surface area contributed by atoms with Crippen LogP contribution in [0.25, 0.3) is 0 Å². The maximum Gasteiger partial charge on any atom is 0.350 e. The Morgan fingerprint density at radius 1 is 0.500 bits per heavy atom. The molecular formula is C21H48O6Si3. The summed E-state index contributed by atoms with van der Waals surface area (Å²) in [5.74, 6) is 0. The molecular weight excluding hydrogens is 432 g/mol. The van der Waals surface area contributed by atoms with Crippen molar-refractivity contribution in [3.05, 3.63) is 0 Å². The first-order valence-corrected chi connectivity index (χ1v) is 18.3. The fraction of sp³-hybridized carbons (Fsp3) is 1.00. The minimum Gasteiger partial charge on any atom is -0.412 e. The Morgan fingerprint density at radius 3 is 0.900 bits per heavy atom. The van der Waals surface area contributed by atoms with Gasteiger partial charge in [0.25, 0.3) is 0 Å². The predicted octanol–water partition coefficient (Wildman–Crippen LogP) is 5.50. The molecule has 0 unspecified atom stereocenters. The summed E-state index contributed by atoms with van der Waals surface area (Å²) in [6, 6.07) is 0. The highest BCUT2D eigenvalue weighted by Crippen LogP contribution is 2.45. The molecule has 1 aliphatic heterocycles. The highest BCUT2D eigenvalue weighted by Gasteiger charge is 2.66. The summed E-state index contributed by atoms with van der Waals surface area (Å²) >= 11 is 0. The van der Waals surface area contributed by atoms with Crippen molar-refractivity contribution in [1.82, 2.24) is 0 Å². The molecule has 0 atom stereocenters. The van der Waals surface area contributed by atoms with Crippen molar-refractivity contribution in [3.8, 4) is 0 Å². The zero-order valence-corrected chi connectivity index (χ0v) is 24.0. The van der Waals surface area contributed by atoms with Crippen LogP contribution in [-0.4, -0.2) is 64.2 Å². The highest BCUT2D eigenvalue weighted by atomic mass is 28.5. The van der Waals surface area contributed by atoms with Crippen LogP contribution in [0.1, 0.15) is 81.6 Å². The summed E-state index contributed by atoms with van der Waals surface area (Å²) < 4.78 is 39.5. The van der Waals surface area contributed by atoms with Gasteiger partial charge in [0.05, 0.1) is 18.7 Å². The molecule has 1 saturated heterocycles. The Morgan fingerprint density at radius 2 is 0.733 bits per heavy atom. The summed E-state index contributed by atoms with van der Waals surface area (Å²) in [5.41, 5.74) is 0.769. The van der Waals surface area contributed by atoms with Gasteiger partial charge in [-0.25, -0.2) is 0 Å². The molecule has 1 aliphatic rings. The van der Waals surface area contributed by atoms with Gasteiger partial charge in [-0.1, -0.05) is 62.3 Å². The number of rotatable bonds is 15. The largest absolute Gasteiger partial charge is 0.412 e. The molecule has 0 aromatic heterocycles. The molecule has 0 saturated carbocycles. The zero-order valence-electron chi connectivity index (χ0n) is 21.0. The van der Waals surface area contributed by atoms with Crippen molar-refractivity contribution in [3.63, 3.8) is 0 Å². The van der Waals surface area contributed by atoms with Gasteiger partial charge in [0.15, 0.2) is 0 Å². The fourth-order valence-electron chi connectivity index (χ4n) is 3.40. The average molecular weight is 481 g/mol. The van der Waals surface area contributed by atoms with E-state index in [0.717, 1.165) is 39.1 Å². The van der Waals surface area contributed by atoms with Gasteiger partial charge in [-0.2, -0.15) is 0 Å². The van der Waals surface area contributed by atoms with Gasteiger partial charge in [0, 0.05) is 19.8 Å². The average Bonchev–Trinajstić information content (AvgIpc) is 2.68. The molecule has 9 heteroatoms. The normalized spacial score (nSPS) is 30.0. The van der Waals surface area contributed by atoms with E-state index in [4.69, 9.17) is 26.6 Å². The third kappa shape index (κ3) is 7.21. The van der Waals surface area contributed by atoms with Crippen molar-refractivity contribution in [2.24, 2.45) is 0 Å². The maximum absolute atomic E-state index is 7.05. The van der Waals surface area contributed by atoms with Gasteiger partial charge in [-0.15, -0.1) is 0 Å². The van der Waals surface area contributed by atoms with E-state index in [-0.39, 0.29) is 16.6 Å². The van der Waals surface area contributed by atoms with E-state index >= 15 is 0 Å². The summed E-state index contributed by atoms with van der Waals surface area (Å²) in [4.78, 5) is 0. The molecule has 0 aromatic rings. The lowest BCUT2D eigenvalue weighted by molar-refractivity contribution is 0.0764. The zero-order chi connectivity index (χ0) is 22.8. The van der Waals surface area contributed by atoms with Crippen LogP contribution in [0.2, 0.25) is 16.6 Å². The molecule has 0 aliphatic carbocycles. The third-order valence-corrected chi connectivity index (χ3v) is 21.0. The summed E-state index contributed by atoms with van der Waals surface area (Å²) in [6.07, 6.45) is 4.60. The molecule has 1 heterocycles. The molecule has 0 amide bonds. The van der Waals surface area contributed by atoms with Crippen LogP contribution in [0, 0.1) is 0 Å². The Labute approximate surface area is 189 Å². The molecule has 0 bridgehead atoms. The predicted molar refractivity (Wildman–Crippen MR) is 129 cm³/mol. The topological polar surface area (TPSA) is 55.4 Å². The minimum absolute atomic E-state index is 0.256.